The smallest absolute Gasteiger partial charge is 0.227 e. The third-order valence-electron chi connectivity index (χ3n) is 5.71. The minimum absolute atomic E-state index is 0.0565. The lowest BCUT2D eigenvalue weighted by molar-refractivity contribution is -0.144. The van der Waals surface area contributed by atoms with E-state index in [1.54, 1.807) is 6.20 Å². The molecule has 2 aliphatic rings. The predicted octanol–water partition coefficient (Wildman–Crippen LogP) is 1.77. The van der Waals surface area contributed by atoms with Gasteiger partial charge in [0.1, 0.15) is 0 Å². The minimum Gasteiger partial charge on any atom is -0.342 e. The van der Waals surface area contributed by atoms with Crippen molar-refractivity contribution in [2.45, 2.75) is 46.1 Å². The van der Waals surface area contributed by atoms with Gasteiger partial charge in [0.05, 0.1) is 12.5 Å². The molecule has 3 heterocycles. The minimum atomic E-state index is -0.0565. The summed E-state index contributed by atoms with van der Waals surface area (Å²) in [5, 5.41) is 4.19. The van der Waals surface area contributed by atoms with E-state index >= 15 is 0 Å². The molecule has 3 rings (SSSR count). The van der Waals surface area contributed by atoms with Gasteiger partial charge in [0.25, 0.3) is 0 Å². The van der Waals surface area contributed by atoms with Crippen LogP contribution in [0.25, 0.3) is 0 Å². The van der Waals surface area contributed by atoms with Crippen molar-refractivity contribution in [2.75, 3.05) is 26.2 Å². The molecule has 6 heteroatoms. The molecule has 24 heavy (non-hydrogen) atoms. The van der Waals surface area contributed by atoms with E-state index in [2.05, 4.69) is 5.10 Å². The molecule has 0 saturated carbocycles. The monoisotopic (exact) mass is 332 g/mol. The number of carbonyl (C=O) groups is 2. The van der Waals surface area contributed by atoms with Crippen LogP contribution in [0.1, 0.15) is 39.5 Å². The second-order valence-corrected chi connectivity index (χ2v) is 7.36. The van der Waals surface area contributed by atoms with E-state index in [0.29, 0.717) is 13.0 Å². The molecule has 0 N–H and O–H groups in total. The molecular formula is C18H28N4O2. The van der Waals surface area contributed by atoms with Crippen molar-refractivity contribution in [2.24, 2.45) is 11.3 Å². The van der Waals surface area contributed by atoms with Crippen LogP contribution in [0.3, 0.4) is 0 Å². The Morgan fingerprint density at radius 2 is 2.08 bits per heavy atom. The largest absolute Gasteiger partial charge is 0.342 e. The molecule has 0 unspecified atom stereocenters. The van der Waals surface area contributed by atoms with Crippen molar-refractivity contribution in [1.29, 1.82) is 0 Å². The maximum Gasteiger partial charge on any atom is 0.227 e. The van der Waals surface area contributed by atoms with Gasteiger partial charge in [-0.15, -0.1) is 0 Å². The van der Waals surface area contributed by atoms with Gasteiger partial charge in [-0.1, -0.05) is 6.92 Å². The number of nitrogens with zero attached hydrogens (tertiary/aromatic N) is 4. The third-order valence-corrected chi connectivity index (χ3v) is 5.71. The summed E-state index contributed by atoms with van der Waals surface area (Å²) >= 11 is 0. The summed E-state index contributed by atoms with van der Waals surface area (Å²) < 4.78 is 1.82. The van der Waals surface area contributed by atoms with Crippen molar-refractivity contribution in [3.8, 4) is 0 Å². The van der Waals surface area contributed by atoms with Gasteiger partial charge in [-0.25, -0.2) is 0 Å². The topological polar surface area (TPSA) is 58.4 Å². The van der Waals surface area contributed by atoms with E-state index in [1.165, 1.54) is 0 Å². The van der Waals surface area contributed by atoms with Crippen LogP contribution in [0.4, 0.5) is 0 Å². The van der Waals surface area contributed by atoms with E-state index in [1.807, 2.05) is 40.6 Å². The Balaban J connectivity index is 1.54. The van der Waals surface area contributed by atoms with Crippen LogP contribution < -0.4 is 0 Å². The van der Waals surface area contributed by atoms with E-state index < -0.39 is 0 Å². The van der Waals surface area contributed by atoms with Crippen LogP contribution in [0.2, 0.25) is 0 Å². The second kappa shape index (κ2) is 6.95. The Hall–Kier alpha value is -1.85. The molecule has 1 spiro atoms. The van der Waals surface area contributed by atoms with E-state index in [9.17, 15) is 9.59 Å². The molecule has 2 amide bonds. The van der Waals surface area contributed by atoms with Gasteiger partial charge in [-0.05, 0) is 37.7 Å². The summed E-state index contributed by atoms with van der Waals surface area (Å²) in [5.74, 6) is 0.452. The highest BCUT2D eigenvalue weighted by Gasteiger charge is 2.41. The molecule has 0 radical (unpaired) electrons. The highest BCUT2D eigenvalue weighted by Crippen LogP contribution is 2.40. The van der Waals surface area contributed by atoms with Crippen LogP contribution >= 0.6 is 0 Å². The number of hydrogen-bond donors (Lipinski definition) is 0. The summed E-state index contributed by atoms with van der Waals surface area (Å²) in [5.41, 5.74) is 0.228. The Morgan fingerprint density at radius 3 is 2.71 bits per heavy atom. The lowest BCUT2D eigenvalue weighted by atomic mass is 9.72. The molecular weight excluding hydrogens is 304 g/mol. The van der Waals surface area contributed by atoms with Crippen molar-refractivity contribution in [3.63, 3.8) is 0 Å². The lowest BCUT2D eigenvalue weighted by Gasteiger charge is -2.47. The molecule has 0 aromatic carbocycles. The first-order chi connectivity index (χ1) is 11.5. The summed E-state index contributed by atoms with van der Waals surface area (Å²) in [6.07, 6.45) is 7.30. The zero-order valence-corrected chi connectivity index (χ0v) is 14.8. The summed E-state index contributed by atoms with van der Waals surface area (Å²) in [4.78, 5) is 28.6. The summed E-state index contributed by atoms with van der Waals surface area (Å²) in [6.45, 7) is 7.95. The SMILES string of the molecule is CCN1CC2(CCC1=O)CCN(C(=O)[C@H](C)Cn1cccn1)CC2. The van der Waals surface area contributed by atoms with Gasteiger partial charge in [0.2, 0.25) is 11.8 Å². The van der Waals surface area contributed by atoms with E-state index in [0.717, 1.165) is 45.4 Å². The molecule has 0 aliphatic carbocycles. The summed E-state index contributed by atoms with van der Waals surface area (Å²) in [7, 11) is 0. The standard InChI is InChI=1S/C18H28N4O2/c1-3-20-14-18(6-5-16(20)23)7-11-21(12-8-18)17(24)15(2)13-22-10-4-9-19-22/h4,9-10,15H,3,5-8,11-14H2,1-2H3/t15-/m1/s1. The molecule has 132 valence electrons. The maximum atomic E-state index is 12.7. The number of amides is 2. The fourth-order valence-electron chi connectivity index (χ4n) is 4.08. The zero-order chi connectivity index (χ0) is 17.2. The predicted molar refractivity (Wildman–Crippen MR) is 91.1 cm³/mol. The molecule has 2 fully saturated rings. The molecule has 2 saturated heterocycles. The van der Waals surface area contributed by atoms with Gasteiger partial charge in [-0.3, -0.25) is 14.3 Å². The maximum absolute atomic E-state index is 12.7. The first-order valence-corrected chi connectivity index (χ1v) is 9.07. The number of rotatable bonds is 4. The van der Waals surface area contributed by atoms with Crippen molar-refractivity contribution in [3.05, 3.63) is 18.5 Å². The van der Waals surface area contributed by atoms with Crippen LogP contribution in [-0.2, 0) is 16.1 Å². The quantitative estimate of drug-likeness (QED) is 0.844. The number of carbonyl (C=O) groups excluding carboxylic acids is 2. The van der Waals surface area contributed by atoms with Crippen LogP contribution in [0.5, 0.6) is 0 Å². The number of aromatic nitrogens is 2. The zero-order valence-electron chi connectivity index (χ0n) is 14.8. The van der Waals surface area contributed by atoms with E-state index in [-0.39, 0.29) is 23.1 Å². The van der Waals surface area contributed by atoms with E-state index in [4.69, 9.17) is 0 Å². The Bertz CT molecular complexity index is 576. The Kier molecular flexibility index (Phi) is 4.92. The first-order valence-electron chi connectivity index (χ1n) is 9.07. The third kappa shape index (κ3) is 3.47. The fraction of sp³-hybridized carbons (Fsp3) is 0.722. The van der Waals surface area contributed by atoms with Gasteiger partial charge >= 0.3 is 0 Å². The van der Waals surface area contributed by atoms with Gasteiger partial charge in [0, 0.05) is 45.0 Å². The average molecular weight is 332 g/mol. The normalized spacial score (nSPS) is 22.0. The Morgan fingerprint density at radius 1 is 1.33 bits per heavy atom. The van der Waals surface area contributed by atoms with Crippen LogP contribution in [0.15, 0.2) is 18.5 Å². The van der Waals surface area contributed by atoms with Gasteiger partial charge in [-0.2, -0.15) is 5.10 Å². The molecule has 2 aliphatic heterocycles. The number of likely N-dealkylation sites (tertiary alicyclic amines) is 2. The van der Waals surface area contributed by atoms with Crippen molar-refractivity contribution >= 4 is 11.8 Å². The fourth-order valence-corrected chi connectivity index (χ4v) is 4.08. The molecule has 6 nitrogen and oxygen atoms in total. The van der Waals surface area contributed by atoms with Gasteiger partial charge in [0.15, 0.2) is 0 Å². The molecule has 1 atom stereocenters. The number of piperidine rings is 2. The molecule has 1 aromatic heterocycles. The highest BCUT2D eigenvalue weighted by molar-refractivity contribution is 5.79. The van der Waals surface area contributed by atoms with Gasteiger partial charge < -0.3 is 9.80 Å². The van der Waals surface area contributed by atoms with Crippen molar-refractivity contribution < 1.29 is 9.59 Å². The van der Waals surface area contributed by atoms with Crippen LogP contribution in [-0.4, -0.2) is 57.6 Å². The Labute approximate surface area is 143 Å². The highest BCUT2D eigenvalue weighted by atomic mass is 16.2. The average Bonchev–Trinajstić information content (AvgIpc) is 3.10. The lowest BCUT2D eigenvalue weighted by Crippen LogP contribution is -2.53. The number of hydrogen-bond acceptors (Lipinski definition) is 3. The molecule has 1 aromatic rings. The van der Waals surface area contributed by atoms with Crippen molar-refractivity contribution in [1.82, 2.24) is 19.6 Å². The summed E-state index contributed by atoms with van der Waals surface area (Å²) in [6, 6.07) is 1.88. The second-order valence-electron chi connectivity index (χ2n) is 7.36. The van der Waals surface area contributed by atoms with Crippen LogP contribution in [0, 0.1) is 11.3 Å². The first kappa shape index (κ1) is 17.0. The molecule has 0 bridgehead atoms.